The van der Waals surface area contributed by atoms with Crippen molar-refractivity contribution in [2.75, 3.05) is 23.3 Å². The third-order valence-electron chi connectivity index (χ3n) is 3.15. The first kappa shape index (κ1) is 10.8. The Morgan fingerprint density at radius 1 is 1.53 bits per heavy atom. The normalized spacial score (nSPS) is 19.9. The minimum atomic E-state index is 0.729. The van der Waals surface area contributed by atoms with Crippen molar-refractivity contribution in [1.82, 2.24) is 10.2 Å². The molecule has 0 amide bonds. The average Bonchev–Trinajstić information content (AvgIpc) is 2.95. The van der Waals surface area contributed by atoms with Gasteiger partial charge < -0.3 is 11.1 Å². The number of H-pyrrole nitrogens is 1. The van der Waals surface area contributed by atoms with Crippen LogP contribution in [0, 0.1) is 0 Å². The van der Waals surface area contributed by atoms with Crippen LogP contribution in [0.4, 0.5) is 11.4 Å². The first-order valence-electron chi connectivity index (χ1n) is 5.91. The Labute approximate surface area is 104 Å². The predicted molar refractivity (Wildman–Crippen MR) is 74.5 cm³/mol. The van der Waals surface area contributed by atoms with Gasteiger partial charge in [0.15, 0.2) is 0 Å². The highest BCUT2D eigenvalue weighted by molar-refractivity contribution is 8.00. The standard InChI is InChI=1S/C12H16N4S/c13-10-4-8-6-15-16-11(8)5-12(10)14-7-9-2-1-3-17-9/h4-6,9,14H,1-3,7,13H2,(H,15,16). The van der Waals surface area contributed by atoms with E-state index in [1.54, 1.807) is 6.20 Å². The van der Waals surface area contributed by atoms with E-state index < -0.39 is 0 Å². The molecule has 5 heteroatoms. The zero-order chi connectivity index (χ0) is 11.7. The fourth-order valence-corrected chi connectivity index (χ4v) is 3.39. The summed E-state index contributed by atoms with van der Waals surface area (Å²) < 4.78 is 0. The molecule has 0 radical (unpaired) electrons. The lowest BCUT2D eigenvalue weighted by Crippen LogP contribution is -2.14. The maximum absolute atomic E-state index is 6.02. The van der Waals surface area contributed by atoms with Gasteiger partial charge in [-0.2, -0.15) is 16.9 Å². The van der Waals surface area contributed by atoms with E-state index in [2.05, 4.69) is 15.5 Å². The molecule has 0 saturated carbocycles. The van der Waals surface area contributed by atoms with Crippen LogP contribution >= 0.6 is 11.8 Å². The van der Waals surface area contributed by atoms with Gasteiger partial charge in [-0.3, -0.25) is 5.10 Å². The third kappa shape index (κ3) is 2.20. The summed E-state index contributed by atoms with van der Waals surface area (Å²) in [5.41, 5.74) is 8.85. The van der Waals surface area contributed by atoms with Crippen LogP contribution in [0.3, 0.4) is 0 Å². The third-order valence-corrected chi connectivity index (χ3v) is 4.55. The van der Waals surface area contributed by atoms with E-state index >= 15 is 0 Å². The van der Waals surface area contributed by atoms with E-state index in [4.69, 9.17) is 5.73 Å². The molecule has 0 bridgehead atoms. The van der Waals surface area contributed by atoms with Crippen molar-refractivity contribution in [3.63, 3.8) is 0 Å². The van der Waals surface area contributed by atoms with Crippen molar-refractivity contribution < 1.29 is 0 Å². The first-order chi connectivity index (χ1) is 8.33. The average molecular weight is 248 g/mol. The van der Waals surface area contributed by atoms with Gasteiger partial charge in [-0.05, 0) is 30.7 Å². The highest BCUT2D eigenvalue weighted by Gasteiger charge is 2.15. The van der Waals surface area contributed by atoms with Crippen LogP contribution in [0.5, 0.6) is 0 Å². The molecule has 0 aliphatic carbocycles. The number of thioether (sulfide) groups is 1. The van der Waals surface area contributed by atoms with Crippen molar-refractivity contribution in [3.05, 3.63) is 18.3 Å². The molecule has 0 spiro atoms. The fraction of sp³-hybridized carbons (Fsp3) is 0.417. The van der Waals surface area contributed by atoms with Crippen molar-refractivity contribution in [3.8, 4) is 0 Å². The molecule has 4 N–H and O–H groups in total. The van der Waals surface area contributed by atoms with Gasteiger partial charge in [0.2, 0.25) is 0 Å². The maximum Gasteiger partial charge on any atom is 0.0672 e. The lowest BCUT2D eigenvalue weighted by molar-refractivity contribution is 0.806. The minimum absolute atomic E-state index is 0.729. The van der Waals surface area contributed by atoms with Crippen LogP contribution in [-0.4, -0.2) is 27.7 Å². The smallest absolute Gasteiger partial charge is 0.0672 e. The summed E-state index contributed by atoms with van der Waals surface area (Å²) in [5.74, 6) is 1.29. The summed E-state index contributed by atoms with van der Waals surface area (Å²) in [7, 11) is 0. The first-order valence-corrected chi connectivity index (χ1v) is 6.96. The number of rotatable bonds is 3. The van der Waals surface area contributed by atoms with E-state index in [-0.39, 0.29) is 0 Å². The number of anilines is 2. The summed E-state index contributed by atoms with van der Waals surface area (Å²) in [4.78, 5) is 0. The monoisotopic (exact) mass is 248 g/mol. The van der Waals surface area contributed by atoms with Crippen LogP contribution in [0.1, 0.15) is 12.8 Å². The quantitative estimate of drug-likeness (QED) is 0.730. The molecular weight excluding hydrogens is 232 g/mol. The number of fused-ring (bicyclic) bond motifs is 1. The summed E-state index contributed by atoms with van der Waals surface area (Å²) in [6.07, 6.45) is 4.44. The van der Waals surface area contributed by atoms with E-state index in [0.717, 1.165) is 34.1 Å². The second-order valence-electron chi connectivity index (χ2n) is 4.41. The van der Waals surface area contributed by atoms with Crippen molar-refractivity contribution in [2.45, 2.75) is 18.1 Å². The highest BCUT2D eigenvalue weighted by Crippen LogP contribution is 2.28. The number of aromatic amines is 1. The molecule has 90 valence electrons. The predicted octanol–water partition coefficient (Wildman–Crippen LogP) is 2.45. The fourth-order valence-electron chi connectivity index (χ4n) is 2.19. The van der Waals surface area contributed by atoms with E-state index in [1.807, 2.05) is 23.9 Å². The molecule has 1 aromatic heterocycles. The molecular formula is C12H16N4S. The Morgan fingerprint density at radius 3 is 3.29 bits per heavy atom. The van der Waals surface area contributed by atoms with Crippen LogP contribution in [0.2, 0.25) is 0 Å². The summed E-state index contributed by atoms with van der Waals surface area (Å²) in [6, 6.07) is 4.00. The number of benzene rings is 1. The lowest BCUT2D eigenvalue weighted by atomic mass is 10.2. The number of aromatic nitrogens is 2. The number of nitrogens with zero attached hydrogens (tertiary/aromatic N) is 1. The van der Waals surface area contributed by atoms with Gasteiger partial charge in [-0.1, -0.05) is 0 Å². The largest absolute Gasteiger partial charge is 0.397 e. The molecule has 1 aromatic carbocycles. The molecule has 1 saturated heterocycles. The van der Waals surface area contributed by atoms with Gasteiger partial charge in [-0.25, -0.2) is 0 Å². The van der Waals surface area contributed by atoms with Gasteiger partial charge in [0.05, 0.1) is 23.1 Å². The van der Waals surface area contributed by atoms with Crippen LogP contribution in [0.15, 0.2) is 18.3 Å². The number of hydrogen-bond donors (Lipinski definition) is 3. The summed E-state index contributed by atoms with van der Waals surface area (Å²) in [5, 5.41) is 12.2. The number of nitrogens with two attached hydrogens (primary N) is 1. The molecule has 4 nitrogen and oxygen atoms in total. The van der Waals surface area contributed by atoms with Crippen molar-refractivity contribution in [2.24, 2.45) is 0 Å². The SMILES string of the molecule is Nc1cc2cn[nH]c2cc1NCC1CCCS1. The van der Waals surface area contributed by atoms with E-state index in [0.29, 0.717) is 0 Å². The molecule has 1 aliphatic rings. The second kappa shape index (κ2) is 4.49. The molecule has 1 unspecified atom stereocenters. The van der Waals surface area contributed by atoms with E-state index in [9.17, 15) is 0 Å². The van der Waals surface area contributed by atoms with Gasteiger partial charge in [0.25, 0.3) is 0 Å². The molecule has 2 heterocycles. The Morgan fingerprint density at radius 2 is 2.47 bits per heavy atom. The minimum Gasteiger partial charge on any atom is -0.397 e. The number of nitrogen functional groups attached to an aromatic ring is 1. The second-order valence-corrected chi connectivity index (χ2v) is 5.82. The Hall–Kier alpha value is -1.36. The Kier molecular flexibility index (Phi) is 2.84. The van der Waals surface area contributed by atoms with Gasteiger partial charge in [0.1, 0.15) is 0 Å². The zero-order valence-electron chi connectivity index (χ0n) is 9.57. The molecule has 3 rings (SSSR count). The van der Waals surface area contributed by atoms with Crippen molar-refractivity contribution >= 4 is 34.0 Å². The van der Waals surface area contributed by atoms with Crippen molar-refractivity contribution in [1.29, 1.82) is 0 Å². The number of hydrogen-bond acceptors (Lipinski definition) is 4. The molecule has 1 atom stereocenters. The lowest BCUT2D eigenvalue weighted by Gasteiger charge is -2.13. The maximum atomic E-state index is 6.02. The van der Waals surface area contributed by atoms with Crippen LogP contribution in [0.25, 0.3) is 10.9 Å². The molecule has 2 aromatic rings. The molecule has 1 aliphatic heterocycles. The number of nitrogens with one attached hydrogen (secondary N) is 2. The Bertz CT molecular complexity index is 516. The Balaban J connectivity index is 1.76. The molecule has 1 fully saturated rings. The van der Waals surface area contributed by atoms with Gasteiger partial charge in [-0.15, -0.1) is 0 Å². The molecule has 17 heavy (non-hydrogen) atoms. The summed E-state index contributed by atoms with van der Waals surface area (Å²) in [6.45, 7) is 0.995. The van der Waals surface area contributed by atoms with E-state index in [1.165, 1.54) is 18.6 Å². The summed E-state index contributed by atoms with van der Waals surface area (Å²) >= 11 is 2.05. The highest BCUT2D eigenvalue weighted by atomic mass is 32.2. The van der Waals surface area contributed by atoms with Gasteiger partial charge in [0, 0.05) is 17.2 Å². The topological polar surface area (TPSA) is 66.7 Å². The van der Waals surface area contributed by atoms with Crippen LogP contribution < -0.4 is 11.1 Å². The zero-order valence-corrected chi connectivity index (χ0v) is 10.4. The van der Waals surface area contributed by atoms with Crippen LogP contribution in [-0.2, 0) is 0 Å². The van der Waals surface area contributed by atoms with Gasteiger partial charge >= 0.3 is 0 Å².